The topological polar surface area (TPSA) is 39.4 Å². The van der Waals surface area contributed by atoms with E-state index in [1.807, 2.05) is 6.07 Å². The van der Waals surface area contributed by atoms with E-state index in [4.69, 9.17) is 13.3 Å². The molecule has 13 aromatic rings. The Morgan fingerprint density at radius 3 is 1.77 bits per heavy atom. The first-order valence-corrected chi connectivity index (χ1v) is 19.4. The molecule has 0 N–H and O–H groups in total. The maximum atomic E-state index is 6.64. The van der Waals surface area contributed by atoms with Crippen LogP contribution in [0.1, 0.15) is 0 Å². The van der Waals surface area contributed by atoms with Crippen molar-refractivity contribution in [2.45, 2.75) is 0 Å². The molecule has 264 valence electrons. The van der Waals surface area contributed by atoms with Crippen molar-refractivity contribution in [3.63, 3.8) is 0 Å². The SMILES string of the molecule is c1ccc2cc(-c3cc4cc5c(cc4o3)oc3cccc(-c4c6ccccc6c(-c6ccc7ccc8c9ccccc9oc8c7c6)c6ccccc46)c35)ccc2c1. The molecule has 57 heavy (non-hydrogen) atoms. The number of hydrogen-bond acceptors (Lipinski definition) is 3. The van der Waals surface area contributed by atoms with Crippen LogP contribution in [0.2, 0.25) is 0 Å². The first-order chi connectivity index (χ1) is 28.2. The molecule has 0 aliphatic rings. The molecule has 3 heteroatoms. The molecular weight excluding hydrogens is 697 g/mol. The van der Waals surface area contributed by atoms with Crippen molar-refractivity contribution in [3.05, 3.63) is 182 Å². The molecule has 0 aliphatic carbocycles. The molecule has 0 spiro atoms. The quantitative estimate of drug-likeness (QED) is 0.170. The van der Waals surface area contributed by atoms with E-state index in [-0.39, 0.29) is 0 Å². The Bertz CT molecular complexity index is 3760. The molecule has 0 bridgehead atoms. The van der Waals surface area contributed by atoms with Crippen molar-refractivity contribution in [3.8, 4) is 33.6 Å². The van der Waals surface area contributed by atoms with Gasteiger partial charge in [-0.1, -0.05) is 133 Å². The van der Waals surface area contributed by atoms with E-state index in [0.29, 0.717) is 0 Å². The third-order valence-corrected chi connectivity index (χ3v) is 12.0. The summed E-state index contributed by atoms with van der Waals surface area (Å²) in [6.45, 7) is 0. The predicted molar refractivity (Wildman–Crippen MR) is 237 cm³/mol. The summed E-state index contributed by atoms with van der Waals surface area (Å²) in [4.78, 5) is 0. The summed E-state index contributed by atoms with van der Waals surface area (Å²) < 4.78 is 19.7. The number of rotatable bonds is 3. The minimum absolute atomic E-state index is 0.807. The van der Waals surface area contributed by atoms with Crippen LogP contribution in [0.5, 0.6) is 0 Å². The zero-order chi connectivity index (χ0) is 37.2. The number of benzene rings is 10. The Hall–Kier alpha value is -7.62. The van der Waals surface area contributed by atoms with Crippen molar-refractivity contribution < 1.29 is 13.3 Å². The Balaban J connectivity index is 1.05. The molecule has 10 aromatic carbocycles. The summed E-state index contributed by atoms with van der Waals surface area (Å²) in [5.41, 5.74) is 10.1. The number of para-hydroxylation sites is 1. The van der Waals surface area contributed by atoms with Gasteiger partial charge >= 0.3 is 0 Å². The van der Waals surface area contributed by atoms with Gasteiger partial charge in [-0.2, -0.15) is 0 Å². The summed E-state index contributed by atoms with van der Waals surface area (Å²) in [6.07, 6.45) is 0. The van der Waals surface area contributed by atoms with E-state index in [2.05, 4.69) is 176 Å². The van der Waals surface area contributed by atoms with Crippen LogP contribution < -0.4 is 0 Å². The smallest absolute Gasteiger partial charge is 0.143 e. The lowest BCUT2D eigenvalue weighted by Crippen LogP contribution is -1.91. The molecule has 0 radical (unpaired) electrons. The minimum atomic E-state index is 0.807. The van der Waals surface area contributed by atoms with Crippen LogP contribution in [0.25, 0.3) is 132 Å². The summed E-state index contributed by atoms with van der Waals surface area (Å²) >= 11 is 0. The van der Waals surface area contributed by atoms with Gasteiger partial charge in [0.05, 0.1) is 0 Å². The second-order valence-corrected chi connectivity index (χ2v) is 15.2. The molecule has 0 saturated heterocycles. The van der Waals surface area contributed by atoms with Gasteiger partial charge in [0.2, 0.25) is 0 Å². The molecule has 0 unspecified atom stereocenters. The first kappa shape index (κ1) is 30.7. The monoisotopic (exact) mass is 726 g/mol. The maximum absolute atomic E-state index is 6.64. The lowest BCUT2D eigenvalue weighted by Gasteiger charge is -2.18. The molecule has 3 aromatic heterocycles. The van der Waals surface area contributed by atoms with Crippen molar-refractivity contribution in [2.24, 2.45) is 0 Å². The fourth-order valence-corrected chi connectivity index (χ4v) is 9.44. The van der Waals surface area contributed by atoms with E-state index in [1.165, 1.54) is 43.4 Å². The fraction of sp³-hybridized carbons (Fsp3) is 0. The zero-order valence-corrected chi connectivity index (χ0v) is 30.5. The Kier molecular flexibility index (Phi) is 6.16. The minimum Gasteiger partial charge on any atom is -0.456 e. The largest absolute Gasteiger partial charge is 0.456 e. The molecule has 0 amide bonds. The van der Waals surface area contributed by atoms with Crippen LogP contribution in [-0.4, -0.2) is 0 Å². The van der Waals surface area contributed by atoms with Crippen molar-refractivity contribution in [1.29, 1.82) is 0 Å². The second-order valence-electron chi connectivity index (χ2n) is 15.2. The highest BCUT2D eigenvalue weighted by atomic mass is 16.3. The number of fused-ring (bicyclic) bond motifs is 12. The Morgan fingerprint density at radius 1 is 0.281 bits per heavy atom. The number of hydrogen-bond donors (Lipinski definition) is 0. The van der Waals surface area contributed by atoms with E-state index >= 15 is 0 Å². The molecule has 13 rings (SSSR count). The molecular formula is C54H30O3. The normalized spacial score (nSPS) is 12.2. The third-order valence-electron chi connectivity index (χ3n) is 12.0. The summed E-state index contributed by atoms with van der Waals surface area (Å²) in [6, 6.07) is 65.0. The van der Waals surface area contributed by atoms with E-state index in [1.54, 1.807) is 0 Å². The van der Waals surface area contributed by atoms with Crippen LogP contribution in [0.15, 0.2) is 195 Å². The molecule has 3 heterocycles. The highest BCUT2D eigenvalue weighted by Crippen LogP contribution is 2.48. The van der Waals surface area contributed by atoms with Gasteiger partial charge in [-0.15, -0.1) is 0 Å². The van der Waals surface area contributed by atoms with Gasteiger partial charge in [0.15, 0.2) is 0 Å². The van der Waals surface area contributed by atoms with Gasteiger partial charge in [0.25, 0.3) is 0 Å². The average Bonchev–Trinajstić information content (AvgIpc) is 3.97. The van der Waals surface area contributed by atoms with Crippen LogP contribution >= 0.6 is 0 Å². The molecule has 0 atom stereocenters. The second kappa shape index (κ2) is 11.5. The van der Waals surface area contributed by atoms with Crippen LogP contribution in [-0.2, 0) is 0 Å². The molecule has 0 saturated carbocycles. The molecule has 0 fully saturated rings. The third kappa shape index (κ3) is 4.42. The summed E-state index contributed by atoms with van der Waals surface area (Å²) in [7, 11) is 0. The number of furan rings is 3. The zero-order valence-electron chi connectivity index (χ0n) is 30.5. The molecule has 0 aliphatic heterocycles. The van der Waals surface area contributed by atoms with Gasteiger partial charge in [-0.05, 0) is 102 Å². The van der Waals surface area contributed by atoms with Gasteiger partial charge in [0.1, 0.15) is 33.7 Å². The standard InChI is InChI=1S/C54H30O3/c1-2-11-33-26-34(22-20-31(33)10-1)48-29-36-28-45-50(30-49(36)56-48)55-47-19-9-17-43(53(45)47)52-40-15-5-3-13-38(40)51(39-14-4-6-16-41(39)52)35-23-21-32-24-25-42-37-12-7-8-18-46(37)57-54(42)44(32)27-35/h1-30H. The lowest BCUT2D eigenvalue weighted by molar-refractivity contribution is 0.628. The van der Waals surface area contributed by atoms with Crippen LogP contribution in [0, 0.1) is 0 Å². The van der Waals surface area contributed by atoms with Gasteiger partial charge in [-0.25, -0.2) is 0 Å². The molecule has 3 nitrogen and oxygen atoms in total. The first-order valence-electron chi connectivity index (χ1n) is 19.4. The highest BCUT2D eigenvalue weighted by molar-refractivity contribution is 6.27. The lowest BCUT2D eigenvalue weighted by atomic mass is 9.84. The van der Waals surface area contributed by atoms with Crippen molar-refractivity contribution in [1.82, 2.24) is 0 Å². The van der Waals surface area contributed by atoms with Gasteiger partial charge < -0.3 is 13.3 Å². The van der Waals surface area contributed by atoms with E-state index in [9.17, 15) is 0 Å². The Morgan fingerprint density at radius 2 is 0.947 bits per heavy atom. The predicted octanol–water partition coefficient (Wildman–Crippen LogP) is 15.8. The van der Waals surface area contributed by atoms with E-state index < -0.39 is 0 Å². The fourth-order valence-electron chi connectivity index (χ4n) is 9.44. The van der Waals surface area contributed by atoms with Crippen LogP contribution in [0.3, 0.4) is 0 Å². The average molecular weight is 727 g/mol. The summed E-state index contributed by atoms with van der Waals surface area (Å²) in [5.74, 6) is 0.843. The Labute approximate surface area is 325 Å². The highest BCUT2D eigenvalue weighted by Gasteiger charge is 2.22. The van der Waals surface area contributed by atoms with E-state index in [0.717, 1.165) is 88.1 Å². The van der Waals surface area contributed by atoms with Crippen molar-refractivity contribution in [2.75, 3.05) is 0 Å². The van der Waals surface area contributed by atoms with Gasteiger partial charge in [0, 0.05) is 43.9 Å². The maximum Gasteiger partial charge on any atom is 0.143 e. The van der Waals surface area contributed by atoms with Crippen LogP contribution in [0.4, 0.5) is 0 Å². The van der Waals surface area contributed by atoms with Gasteiger partial charge in [-0.3, -0.25) is 0 Å². The van der Waals surface area contributed by atoms with Crippen molar-refractivity contribution >= 4 is 97.9 Å². The summed E-state index contributed by atoms with van der Waals surface area (Å²) in [5, 5.41) is 14.9.